The second kappa shape index (κ2) is 9.45. The van der Waals surface area contributed by atoms with E-state index in [1.165, 1.54) is 16.7 Å². The number of anilines is 2. The highest BCUT2D eigenvalue weighted by Crippen LogP contribution is 2.26. The Labute approximate surface area is 184 Å². The molecular weight excluding hydrogens is 386 g/mol. The zero-order chi connectivity index (χ0) is 21.8. The zero-order valence-corrected chi connectivity index (χ0v) is 18.5. The fraction of sp³-hybridized carbons (Fsp3) is 0.360. The quantitative estimate of drug-likeness (QED) is 0.630. The van der Waals surface area contributed by atoms with E-state index in [4.69, 9.17) is 10.5 Å². The lowest BCUT2D eigenvalue weighted by molar-refractivity contribution is -0.0374. The lowest BCUT2D eigenvalue weighted by Gasteiger charge is -2.36. The van der Waals surface area contributed by atoms with Crippen molar-refractivity contribution in [2.24, 2.45) is 0 Å². The average molecular weight is 418 g/mol. The maximum Gasteiger partial charge on any atom is 0.222 e. The van der Waals surface area contributed by atoms with Crippen LogP contribution in [0.4, 0.5) is 11.8 Å². The normalized spacial score (nSPS) is 18.0. The summed E-state index contributed by atoms with van der Waals surface area (Å²) in [6, 6.07) is 18.8. The third kappa shape index (κ3) is 5.21. The number of rotatable bonds is 6. The molecule has 0 saturated carbocycles. The number of nitrogen functional groups attached to an aromatic ring is 1. The van der Waals surface area contributed by atoms with E-state index in [1.54, 1.807) is 0 Å². The molecule has 1 fully saturated rings. The minimum absolute atomic E-state index is 0.0674. The Balaban J connectivity index is 1.46. The summed E-state index contributed by atoms with van der Waals surface area (Å²) in [5.74, 6) is 0.989. The Bertz CT molecular complexity index is 1020. The van der Waals surface area contributed by atoms with Gasteiger partial charge in [0.2, 0.25) is 5.95 Å². The van der Waals surface area contributed by atoms with Crippen molar-refractivity contribution in [3.63, 3.8) is 0 Å². The van der Waals surface area contributed by atoms with Crippen LogP contribution in [-0.2, 0) is 11.3 Å². The predicted molar refractivity (Wildman–Crippen MR) is 126 cm³/mol. The van der Waals surface area contributed by atoms with Crippen LogP contribution in [0.3, 0.4) is 0 Å². The molecular formula is C25H31N5O. The molecule has 2 atom stereocenters. The smallest absolute Gasteiger partial charge is 0.222 e. The van der Waals surface area contributed by atoms with E-state index in [0.29, 0.717) is 0 Å². The summed E-state index contributed by atoms with van der Waals surface area (Å²) in [6.07, 6.45) is 0.0674. The third-order valence-electron chi connectivity index (χ3n) is 5.98. The van der Waals surface area contributed by atoms with E-state index in [0.717, 1.165) is 43.3 Å². The minimum Gasteiger partial charge on any atom is -0.373 e. The Hall–Kier alpha value is -2.96. The zero-order valence-electron chi connectivity index (χ0n) is 18.5. The monoisotopic (exact) mass is 417 g/mol. The van der Waals surface area contributed by atoms with Crippen LogP contribution < -0.4 is 11.1 Å². The molecule has 0 radical (unpaired) electrons. The van der Waals surface area contributed by atoms with Crippen molar-refractivity contribution >= 4 is 11.8 Å². The summed E-state index contributed by atoms with van der Waals surface area (Å²) in [6.45, 7) is 9.81. The van der Waals surface area contributed by atoms with Crippen LogP contribution in [0.1, 0.15) is 23.6 Å². The van der Waals surface area contributed by atoms with Crippen LogP contribution in [0, 0.1) is 13.8 Å². The second-order valence-corrected chi connectivity index (χ2v) is 8.31. The number of benzene rings is 2. The number of morpholine rings is 1. The molecule has 2 aromatic carbocycles. The molecule has 1 aliphatic rings. The number of ether oxygens (including phenoxy) is 1. The van der Waals surface area contributed by atoms with Gasteiger partial charge in [-0.3, -0.25) is 4.90 Å². The summed E-state index contributed by atoms with van der Waals surface area (Å²) in [4.78, 5) is 11.3. The molecule has 2 unspecified atom stereocenters. The van der Waals surface area contributed by atoms with Gasteiger partial charge in [0, 0.05) is 31.3 Å². The predicted octanol–water partition coefficient (Wildman–Crippen LogP) is 4.04. The number of aromatic nitrogens is 2. The van der Waals surface area contributed by atoms with Crippen molar-refractivity contribution in [2.45, 2.75) is 39.5 Å². The average Bonchev–Trinajstić information content (AvgIpc) is 2.76. The second-order valence-electron chi connectivity index (χ2n) is 8.31. The number of nitrogens with two attached hydrogens (primary N) is 1. The van der Waals surface area contributed by atoms with E-state index in [9.17, 15) is 0 Å². The Morgan fingerprint density at radius 2 is 1.94 bits per heavy atom. The fourth-order valence-corrected chi connectivity index (χ4v) is 4.05. The van der Waals surface area contributed by atoms with Crippen molar-refractivity contribution in [1.82, 2.24) is 14.9 Å². The first-order valence-corrected chi connectivity index (χ1v) is 10.8. The van der Waals surface area contributed by atoms with Crippen molar-refractivity contribution in [2.75, 3.05) is 30.7 Å². The van der Waals surface area contributed by atoms with E-state index in [1.807, 2.05) is 12.1 Å². The van der Waals surface area contributed by atoms with Crippen LogP contribution in [0.2, 0.25) is 0 Å². The third-order valence-corrected chi connectivity index (χ3v) is 5.98. The number of hydrogen-bond acceptors (Lipinski definition) is 6. The van der Waals surface area contributed by atoms with E-state index in [-0.39, 0.29) is 18.1 Å². The van der Waals surface area contributed by atoms with E-state index < -0.39 is 0 Å². The number of nitrogens with one attached hydrogen (secondary N) is 1. The number of nitrogens with zero attached hydrogens (tertiary/aromatic N) is 3. The topological polar surface area (TPSA) is 76.3 Å². The highest BCUT2D eigenvalue weighted by Gasteiger charge is 2.26. The fourth-order valence-electron chi connectivity index (χ4n) is 4.05. The lowest BCUT2D eigenvalue weighted by atomic mass is 10.0. The molecule has 0 bridgehead atoms. The highest BCUT2D eigenvalue weighted by atomic mass is 16.5. The number of hydrogen-bond donors (Lipinski definition) is 2. The van der Waals surface area contributed by atoms with Crippen molar-refractivity contribution in [3.05, 3.63) is 71.3 Å². The molecule has 0 spiro atoms. The van der Waals surface area contributed by atoms with Crippen molar-refractivity contribution < 1.29 is 4.74 Å². The van der Waals surface area contributed by atoms with Crippen LogP contribution in [-0.4, -0.2) is 46.7 Å². The van der Waals surface area contributed by atoms with Crippen molar-refractivity contribution in [1.29, 1.82) is 0 Å². The Kier molecular flexibility index (Phi) is 6.49. The first-order chi connectivity index (χ1) is 15.0. The summed E-state index contributed by atoms with van der Waals surface area (Å²) >= 11 is 0. The van der Waals surface area contributed by atoms with E-state index >= 15 is 0 Å². The van der Waals surface area contributed by atoms with Crippen LogP contribution in [0.5, 0.6) is 0 Å². The molecule has 31 heavy (non-hydrogen) atoms. The maximum absolute atomic E-state index is 6.08. The maximum atomic E-state index is 6.08. The summed E-state index contributed by atoms with van der Waals surface area (Å²) in [5.41, 5.74) is 11.7. The van der Waals surface area contributed by atoms with Gasteiger partial charge in [-0.05, 0) is 37.5 Å². The summed E-state index contributed by atoms with van der Waals surface area (Å²) in [5, 5.41) is 3.50. The lowest BCUT2D eigenvalue weighted by Crippen LogP contribution is -2.48. The first kappa shape index (κ1) is 21.3. The molecule has 3 aromatic rings. The molecule has 162 valence electrons. The van der Waals surface area contributed by atoms with Gasteiger partial charge in [-0.15, -0.1) is 0 Å². The molecule has 1 saturated heterocycles. The minimum atomic E-state index is 0.0674. The van der Waals surface area contributed by atoms with Gasteiger partial charge in [0.15, 0.2) is 0 Å². The van der Waals surface area contributed by atoms with Gasteiger partial charge in [-0.1, -0.05) is 48.5 Å². The summed E-state index contributed by atoms with van der Waals surface area (Å²) < 4.78 is 6.08. The molecule has 0 aliphatic carbocycles. The molecule has 6 heteroatoms. The van der Waals surface area contributed by atoms with Gasteiger partial charge in [0.1, 0.15) is 5.82 Å². The SMILES string of the molecule is Cc1cccc(-c2cc(NC(C)C3CN(Cc4ccccc4)CCO3)nc(N)n2)c1C. The largest absolute Gasteiger partial charge is 0.373 e. The van der Waals surface area contributed by atoms with Crippen molar-refractivity contribution in [3.8, 4) is 11.3 Å². The molecule has 0 amide bonds. The summed E-state index contributed by atoms with van der Waals surface area (Å²) in [7, 11) is 0. The number of aryl methyl sites for hydroxylation is 1. The molecule has 1 aromatic heterocycles. The Morgan fingerprint density at radius 1 is 1.13 bits per heavy atom. The van der Waals surface area contributed by atoms with Gasteiger partial charge in [0.25, 0.3) is 0 Å². The molecule has 1 aliphatic heterocycles. The first-order valence-electron chi connectivity index (χ1n) is 10.8. The van der Waals surface area contributed by atoms with E-state index in [2.05, 4.69) is 83.4 Å². The molecule has 4 rings (SSSR count). The van der Waals surface area contributed by atoms with Crippen LogP contribution >= 0.6 is 0 Å². The highest BCUT2D eigenvalue weighted by molar-refractivity contribution is 5.68. The van der Waals surface area contributed by atoms with Gasteiger partial charge >= 0.3 is 0 Å². The molecule has 3 N–H and O–H groups in total. The standard InChI is InChI=1S/C25H31N5O/c1-17-8-7-11-21(18(17)2)22-14-24(29-25(26)28-22)27-19(3)23-16-30(12-13-31-23)15-20-9-5-4-6-10-20/h4-11,14,19,23H,12-13,15-16H2,1-3H3,(H3,26,27,28,29). The molecule has 2 heterocycles. The van der Waals surface area contributed by atoms with Crippen LogP contribution in [0.25, 0.3) is 11.3 Å². The molecule has 6 nitrogen and oxygen atoms in total. The van der Waals surface area contributed by atoms with Crippen LogP contribution in [0.15, 0.2) is 54.6 Å². The van der Waals surface area contributed by atoms with Gasteiger partial charge in [-0.2, -0.15) is 4.98 Å². The van der Waals surface area contributed by atoms with Gasteiger partial charge in [0.05, 0.1) is 24.4 Å². The van der Waals surface area contributed by atoms with Gasteiger partial charge in [-0.25, -0.2) is 4.98 Å². The Morgan fingerprint density at radius 3 is 2.74 bits per heavy atom. The van der Waals surface area contributed by atoms with Gasteiger partial charge < -0.3 is 15.8 Å².